The summed E-state index contributed by atoms with van der Waals surface area (Å²) in [6, 6.07) is 14.8. The molecule has 0 spiro atoms. The Labute approximate surface area is 160 Å². The number of para-hydroxylation sites is 1. The van der Waals surface area contributed by atoms with E-state index in [1.807, 2.05) is 49.4 Å². The quantitative estimate of drug-likeness (QED) is 0.798. The van der Waals surface area contributed by atoms with Gasteiger partial charge in [-0.2, -0.15) is 0 Å². The number of carbonyl (C=O) groups is 2. The van der Waals surface area contributed by atoms with Crippen molar-refractivity contribution >= 4 is 45.0 Å². The highest BCUT2D eigenvalue weighted by atomic mass is 79.9. The molecule has 25 heavy (non-hydrogen) atoms. The smallest absolute Gasteiger partial charge is 0.227 e. The maximum absolute atomic E-state index is 12.6. The zero-order valence-corrected chi connectivity index (χ0v) is 16.0. The lowest BCUT2D eigenvalue weighted by Gasteiger charge is -2.19. The van der Waals surface area contributed by atoms with Gasteiger partial charge in [0, 0.05) is 22.5 Å². The molecule has 1 saturated heterocycles. The first-order chi connectivity index (χ1) is 12.0. The Hall–Kier alpha value is -1.85. The summed E-state index contributed by atoms with van der Waals surface area (Å²) in [7, 11) is 0. The second-order valence-corrected chi connectivity index (χ2v) is 7.43. The maximum atomic E-state index is 12.6. The van der Waals surface area contributed by atoms with E-state index in [1.165, 1.54) is 0 Å². The molecule has 0 aliphatic carbocycles. The van der Waals surface area contributed by atoms with E-state index in [1.54, 1.807) is 11.0 Å². The number of hydrogen-bond acceptors (Lipinski definition) is 2. The number of benzene rings is 2. The van der Waals surface area contributed by atoms with Crippen LogP contribution in [0, 0.1) is 5.92 Å². The third-order valence-electron chi connectivity index (χ3n) is 4.35. The molecular formula is C19H18BrClN2O2. The monoisotopic (exact) mass is 420 g/mol. The minimum atomic E-state index is -0.360. The lowest BCUT2D eigenvalue weighted by molar-refractivity contribution is -0.126. The summed E-state index contributed by atoms with van der Waals surface area (Å²) in [5, 5.41) is 3.62. The summed E-state index contributed by atoms with van der Waals surface area (Å²) in [6.45, 7) is 2.29. The van der Waals surface area contributed by atoms with Crippen molar-refractivity contribution in [1.29, 1.82) is 0 Å². The van der Waals surface area contributed by atoms with Gasteiger partial charge < -0.3 is 10.2 Å². The molecule has 130 valence electrons. The molecule has 1 heterocycles. The number of carbonyl (C=O) groups excluding carboxylic acids is 2. The molecule has 2 unspecified atom stereocenters. The SMILES string of the molecule is CC(NC(=O)C1CC(=O)N(c2ccccc2Br)C1)c1cccc(Cl)c1. The van der Waals surface area contributed by atoms with Crippen LogP contribution in [0.15, 0.2) is 53.0 Å². The summed E-state index contributed by atoms with van der Waals surface area (Å²) >= 11 is 9.47. The molecule has 4 nitrogen and oxygen atoms in total. The molecule has 1 aliphatic rings. The van der Waals surface area contributed by atoms with E-state index < -0.39 is 0 Å². The normalized spacial score (nSPS) is 18.3. The van der Waals surface area contributed by atoms with Crippen LogP contribution in [0.3, 0.4) is 0 Å². The fraction of sp³-hybridized carbons (Fsp3) is 0.263. The van der Waals surface area contributed by atoms with Crippen molar-refractivity contribution in [2.24, 2.45) is 5.92 Å². The van der Waals surface area contributed by atoms with E-state index in [2.05, 4.69) is 21.2 Å². The second-order valence-electron chi connectivity index (χ2n) is 6.14. The third-order valence-corrected chi connectivity index (χ3v) is 5.25. The van der Waals surface area contributed by atoms with Crippen molar-refractivity contribution in [2.45, 2.75) is 19.4 Å². The molecule has 2 aromatic rings. The van der Waals surface area contributed by atoms with Gasteiger partial charge in [-0.15, -0.1) is 0 Å². The summed E-state index contributed by atoms with van der Waals surface area (Å²) < 4.78 is 0.844. The van der Waals surface area contributed by atoms with Gasteiger partial charge in [0.15, 0.2) is 0 Å². The molecule has 0 saturated carbocycles. The largest absolute Gasteiger partial charge is 0.349 e. The van der Waals surface area contributed by atoms with Crippen LogP contribution in [0.4, 0.5) is 5.69 Å². The van der Waals surface area contributed by atoms with Crippen LogP contribution in [0.25, 0.3) is 0 Å². The second kappa shape index (κ2) is 7.58. The van der Waals surface area contributed by atoms with Crippen LogP contribution in [-0.2, 0) is 9.59 Å². The Morgan fingerprint density at radius 3 is 2.76 bits per heavy atom. The molecule has 2 aromatic carbocycles. The van der Waals surface area contributed by atoms with E-state index in [0.717, 1.165) is 15.7 Å². The first-order valence-corrected chi connectivity index (χ1v) is 9.23. The molecule has 1 aliphatic heterocycles. The zero-order valence-electron chi connectivity index (χ0n) is 13.7. The predicted molar refractivity (Wildman–Crippen MR) is 103 cm³/mol. The van der Waals surface area contributed by atoms with Crippen molar-refractivity contribution in [1.82, 2.24) is 5.32 Å². The summed E-state index contributed by atoms with van der Waals surface area (Å²) in [5.74, 6) is -0.515. The number of nitrogens with zero attached hydrogens (tertiary/aromatic N) is 1. The summed E-state index contributed by atoms with van der Waals surface area (Å²) in [5.41, 5.74) is 1.73. The average Bonchev–Trinajstić information content (AvgIpc) is 2.97. The minimum absolute atomic E-state index is 0.0394. The number of halogens is 2. The van der Waals surface area contributed by atoms with E-state index in [-0.39, 0.29) is 30.2 Å². The molecule has 0 radical (unpaired) electrons. The Morgan fingerprint density at radius 2 is 2.04 bits per heavy atom. The van der Waals surface area contributed by atoms with Gasteiger partial charge in [-0.3, -0.25) is 9.59 Å². The van der Waals surface area contributed by atoms with Crippen molar-refractivity contribution in [3.05, 3.63) is 63.6 Å². The van der Waals surface area contributed by atoms with Crippen LogP contribution in [0.2, 0.25) is 5.02 Å². The van der Waals surface area contributed by atoms with Gasteiger partial charge in [0.2, 0.25) is 11.8 Å². The van der Waals surface area contributed by atoms with Crippen molar-refractivity contribution in [3.63, 3.8) is 0 Å². The first kappa shape index (κ1) is 18.0. The van der Waals surface area contributed by atoms with E-state index in [9.17, 15) is 9.59 Å². The highest BCUT2D eigenvalue weighted by Crippen LogP contribution is 2.31. The predicted octanol–water partition coefficient (Wildman–Crippen LogP) is 4.33. The Morgan fingerprint density at radius 1 is 1.28 bits per heavy atom. The lowest BCUT2D eigenvalue weighted by atomic mass is 10.1. The topological polar surface area (TPSA) is 49.4 Å². The standard InChI is InChI=1S/C19H18BrClN2O2/c1-12(13-5-4-6-15(21)9-13)22-19(25)14-10-18(24)23(11-14)17-8-3-2-7-16(17)20/h2-9,12,14H,10-11H2,1H3,(H,22,25). The van der Waals surface area contributed by atoms with Crippen LogP contribution in [-0.4, -0.2) is 18.4 Å². The molecule has 6 heteroatoms. The average molecular weight is 422 g/mol. The fourth-order valence-electron chi connectivity index (χ4n) is 2.98. The Bertz CT molecular complexity index is 812. The summed E-state index contributed by atoms with van der Waals surface area (Å²) in [4.78, 5) is 26.6. The molecule has 1 N–H and O–H groups in total. The van der Waals surface area contributed by atoms with E-state index >= 15 is 0 Å². The number of anilines is 1. The molecule has 2 amide bonds. The molecular weight excluding hydrogens is 404 g/mol. The number of nitrogens with one attached hydrogen (secondary N) is 1. The van der Waals surface area contributed by atoms with Crippen LogP contribution >= 0.6 is 27.5 Å². The van der Waals surface area contributed by atoms with Crippen LogP contribution in [0.1, 0.15) is 24.9 Å². The minimum Gasteiger partial charge on any atom is -0.349 e. The van der Waals surface area contributed by atoms with E-state index in [4.69, 9.17) is 11.6 Å². The van der Waals surface area contributed by atoms with Crippen molar-refractivity contribution in [2.75, 3.05) is 11.4 Å². The van der Waals surface area contributed by atoms with E-state index in [0.29, 0.717) is 11.6 Å². The zero-order chi connectivity index (χ0) is 18.0. The summed E-state index contributed by atoms with van der Waals surface area (Å²) in [6.07, 6.45) is 0.218. The molecule has 1 fully saturated rings. The van der Waals surface area contributed by atoms with Gasteiger partial charge in [-0.1, -0.05) is 35.9 Å². The highest BCUT2D eigenvalue weighted by Gasteiger charge is 2.36. The fourth-order valence-corrected chi connectivity index (χ4v) is 3.67. The number of amides is 2. The van der Waals surface area contributed by atoms with Gasteiger partial charge in [-0.05, 0) is 52.7 Å². The van der Waals surface area contributed by atoms with Crippen molar-refractivity contribution in [3.8, 4) is 0 Å². The lowest BCUT2D eigenvalue weighted by Crippen LogP contribution is -2.34. The van der Waals surface area contributed by atoms with Crippen LogP contribution < -0.4 is 10.2 Å². The maximum Gasteiger partial charge on any atom is 0.227 e. The third kappa shape index (κ3) is 4.05. The first-order valence-electron chi connectivity index (χ1n) is 8.06. The number of hydrogen-bond donors (Lipinski definition) is 1. The van der Waals surface area contributed by atoms with Crippen LogP contribution in [0.5, 0.6) is 0 Å². The van der Waals surface area contributed by atoms with Gasteiger partial charge in [0.05, 0.1) is 17.6 Å². The van der Waals surface area contributed by atoms with Gasteiger partial charge >= 0.3 is 0 Å². The van der Waals surface area contributed by atoms with Gasteiger partial charge in [-0.25, -0.2) is 0 Å². The van der Waals surface area contributed by atoms with Gasteiger partial charge in [0.25, 0.3) is 0 Å². The molecule has 3 rings (SSSR count). The van der Waals surface area contributed by atoms with Gasteiger partial charge in [0.1, 0.15) is 0 Å². The molecule has 0 bridgehead atoms. The van der Waals surface area contributed by atoms with Crippen molar-refractivity contribution < 1.29 is 9.59 Å². The Balaban J connectivity index is 1.68. The molecule has 0 aromatic heterocycles. The Kier molecular flexibility index (Phi) is 5.45. The highest BCUT2D eigenvalue weighted by molar-refractivity contribution is 9.10. The molecule has 2 atom stereocenters. The number of rotatable bonds is 4.